The summed E-state index contributed by atoms with van der Waals surface area (Å²) in [5.74, 6) is -0.770. The van der Waals surface area contributed by atoms with Crippen LogP contribution < -0.4 is 5.56 Å². The number of carboxylic acid groups (broad SMARTS) is 1. The van der Waals surface area contributed by atoms with Crippen LogP contribution in [0.5, 0.6) is 0 Å². The van der Waals surface area contributed by atoms with Crippen molar-refractivity contribution in [2.45, 2.75) is 6.54 Å². The molecule has 0 aliphatic carbocycles. The van der Waals surface area contributed by atoms with Crippen LogP contribution in [0.1, 0.15) is 0 Å². The molecule has 6 nitrogen and oxygen atoms in total. The lowest BCUT2D eigenvalue weighted by Crippen LogP contribution is -2.26. The maximum atomic E-state index is 13.2. The predicted molar refractivity (Wildman–Crippen MR) is 100 cm³/mol. The molecule has 4 aromatic rings. The van der Waals surface area contributed by atoms with E-state index >= 15 is 0 Å². The molecule has 0 unspecified atom stereocenters. The fourth-order valence-corrected chi connectivity index (χ4v) is 3.80. The van der Waals surface area contributed by atoms with Gasteiger partial charge in [0.25, 0.3) is 5.56 Å². The van der Waals surface area contributed by atoms with Crippen LogP contribution >= 0.6 is 11.3 Å². The van der Waals surface area contributed by atoms with E-state index in [1.165, 1.54) is 15.9 Å². The Kier molecular flexibility index (Phi) is 4.06. The summed E-state index contributed by atoms with van der Waals surface area (Å²) in [6.45, 7) is -0.455. The van der Waals surface area contributed by atoms with Gasteiger partial charge < -0.3 is 5.11 Å². The highest BCUT2D eigenvalue weighted by Gasteiger charge is 2.19. The highest BCUT2D eigenvalue weighted by molar-refractivity contribution is 7.17. The van der Waals surface area contributed by atoms with Crippen molar-refractivity contribution in [3.05, 3.63) is 70.6 Å². The van der Waals surface area contributed by atoms with E-state index in [-0.39, 0.29) is 5.56 Å². The third kappa shape index (κ3) is 2.78. The van der Waals surface area contributed by atoms with Gasteiger partial charge in [0.1, 0.15) is 17.2 Å². The summed E-state index contributed by atoms with van der Waals surface area (Å²) in [6.07, 6.45) is 3.17. The van der Waals surface area contributed by atoms with Crippen molar-refractivity contribution in [1.82, 2.24) is 14.5 Å². The number of aliphatic carboxylic acids is 1. The molecule has 128 valence electrons. The van der Waals surface area contributed by atoms with Crippen LogP contribution in [0.3, 0.4) is 0 Å². The second-order valence-electron chi connectivity index (χ2n) is 5.65. The summed E-state index contributed by atoms with van der Waals surface area (Å²) in [6, 6.07) is 12.9. The van der Waals surface area contributed by atoms with Crippen molar-refractivity contribution in [3.63, 3.8) is 0 Å². The topological polar surface area (TPSA) is 85.1 Å². The van der Waals surface area contributed by atoms with Gasteiger partial charge in [-0.05, 0) is 17.7 Å². The van der Waals surface area contributed by atoms with Gasteiger partial charge in [0.15, 0.2) is 0 Å². The smallest absolute Gasteiger partial charge is 0.323 e. The first-order valence-corrected chi connectivity index (χ1v) is 8.73. The molecule has 0 amide bonds. The van der Waals surface area contributed by atoms with Gasteiger partial charge in [-0.2, -0.15) is 0 Å². The molecule has 4 rings (SSSR count). The Bertz CT molecular complexity index is 1150. The van der Waals surface area contributed by atoms with Gasteiger partial charge in [-0.3, -0.25) is 19.1 Å². The fraction of sp³-hybridized carbons (Fsp3) is 0.0526. The lowest BCUT2D eigenvalue weighted by atomic mass is 10.1. The lowest BCUT2D eigenvalue weighted by molar-refractivity contribution is -0.137. The SMILES string of the molecule is O=C(O)Cn1c(-c2ccncc2)nc2scc(-c3ccccc3)c2c1=O. The number of hydrogen-bond donors (Lipinski definition) is 1. The van der Waals surface area contributed by atoms with Gasteiger partial charge >= 0.3 is 5.97 Å². The van der Waals surface area contributed by atoms with Gasteiger partial charge in [0.2, 0.25) is 0 Å². The lowest BCUT2D eigenvalue weighted by Gasteiger charge is -2.11. The van der Waals surface area contributed by atoms with Crippen molar-refractivity contribution >= 4 is 27.5 Å². The number of nitrogens with zero attached hydrogens (tertiary/aromatic N) is 3. The normalized spacial score (nSPS) is 10.9. The van der Waals surface area contributed by atoms with Gasteiger partial charge in [0.05, 0.1) is 5.39 Å². The second-order valence-corrected chi connectivity index (χ2v) is 6.51. The first kappa shape index (κ1) is 16.2. The molecule has 0 aliphatic heterocycles. The second kappa shape index (κ2) is 6.53. The number of aromatic nitrogens is 3. The summed E-state index contributed by atoms with van der Waals surface area (Å²) >= 11 is 1.37. The van der Waals surface area contributed by atoms with E-state index in [2.05, 4.69) is 9.97 Å². The molecule has 0 saturated heterocycles. The van der Waals surface area contributed by atoms with E-state index in [0.717, 1.165) is 11.1 Å². The number of fused-ring (bicyclic) bond motifs is 1. The Labute approximate surface area is 152 Å². The van der Waals surface area contributed by atoms with Gasteiger partial charge in [0, 0.05) is 28.9 Å². The van der Waals surface area contributed by atoms with Crippen molar-refractivity contribution in [1.29, 1.82) is 0 Å². The summed E-state index contributed by atoms with van der Waals surface area (Å²) < 4.78 is 1.21. The third-order valence-corrected chi connectivity index (χ3v) is 4.88. The van der Waals surface area contributed by atoms with Gasteiger partial charge in [-0.25, -0.2) is 4.98 Å². The quantitative estimate of drug-likeness (QED) is 0.601. The minimum atomic E-state index is -1.10. The monoisotopic (exact) mass is 363 g/mol. The molecule has 0 saturated carbocycles. The number of carbonyl (C=O) groups is 1. The summed E-state index contributed by atoms with van der Waals surface area (Å²) in [5.41, 5.74) is 1.96. The molecular weight excluding hydrogens is 350 g/mol. The standard InChI is InChI=1S/C19H13N3O3S/c23-15(24)10-22-17(13-6-8-20-9-7-13)21-18-16(19(22)25)14(11-26-18)12-4-2-1-3-5-12/h1-9,11H,10H2,(H,23,24). The highest BCUT2D eigenvalue weighted by Crippen LogP contribution is 2.32. The average Bonchev–Trinajstić information content (AvgIpc) is 3.09. The van der Waals surface area contributed by atoms with Crippen LogP contribution in [0, 0.1) is 0 Å². The number of benzene rings is 1. The molecule has 0 fully saturated rings. The van der Waals surface area contributed by atoms with Crippen LogP contribution in [0.2, 0.25) is 0 Å². The number of carboxylic acids is 1. The molecule has 3 heterocycles. The van der Waals surface area contributed by atoms with E-state index in [4.69, 9.17) is 0 Å². The maximum absolute atomic E-state index is 13.2. The van der Waals surface area contributed by atoms with Crippen LogP contribution in [-0.2, 0) is 11.3 Å². The number of rotatable bonds is 4. The van der Waals surface area contributed by atoms with Crippen LogP contribution in [0.4, 0.5) is 0 Å². The van der Waals surface area contributed by atoms with Gasteiger partial charge in [-0.1, -0.05) is 30.3 Å². The fourth-order valence-electron chi connectivity index (χ4n) is 2.86. The Morgan fingerprint density at radius 2 is 1.81 bits per heavy atom. The third-order valence-electron chi connectivity index (χ3n) is 4.01. The van der Waals surface area contributed by atoms with Crippen LogP contribution in [0.25, 0.3) is 32.7 Å². The summed E-state index contributed by atoms with van der Waals surface area (Å²) in [7, 11) is 0. The van der Waals surface area contributed by atoms with E-state index in [9.17, 15) is 14.7 Å². The van der Waals surface area contributed by atoms with Crippen LogP contribution in [-0.4, -0.2) is 25.6 Å². The van der Waals surface area contributed by atoms with E-state index in [1.807, 2.05) is 35.7 Å². The Balaban J connectivity index is 2.03. The Morgan fingerprint density at radius 3 is 2.50 bits per heavy atom. The first-order valence-electron chi connectivity index (χ1n) is 7.85. The largest absolute Gasteiger partial charge is 0.480 e. The zero-order valence-electron chi connectivity index (χ0n) is 13.5. The molecule has 7 heteroatoms. The number of hydrogen-bond acceptors (Lipinski definition) is 5. The molecular formula is C19H13N3O3S. The van der Waals surface area contributed by atoms with Crippen molar-refractivity contribution in [2.75, 3.05) is 0 Å². The molecule has 0 spiro atoms. The molecule has 1 N–H and O–H groups in total. The maximum Gasteiger partial charge on any atom is 0.323 e. The first-order chi connectivity index (χ1) is 12.6. The van der Waals surface area contributed by atoms with E-state index in [1.54, 1.807) is 24.5 Å². The summed E-state index contributed by atoms with van der Waals surface area (Å²) in [4.78, 5) is 33.6. The van der Waals surface area contributed by atoms with Crippen molar-refractivity contribution < 1.29 is 9.90 Å². The Hall–Kier alpha value is -3.32. The highest BCUT2D eigenvalue weighted by atomic mass is 32.1. The predicted octanol–water partition coefficient (Wildman–Crippen LogP) is 3.27. The van der Waals surface area contributed by atoms with E-state index < -0.39 is 12.5 Å². The molecule has 1 aromatic carbocycles. The average molecular weight is 363 g/mol. The molecule has 0 bridgehead atoms. The van der Waals surface area contributed by atoms with Crippen molar-refractivity contribution in [2.24, 2.45) is 0 Å². The molecule has 0 atom stereocenters. The number of pyridine rings is 1. The zero-order valence-corrected chi connectivity index (χ0v) is 14.3. The molecule has 3 aromatic heterocycles. The Morgan fingerprint density at radius 1 is 1.08 bits per heavy atom. The molecule has 0 radical (unpaired) electrons. The molecule has 0 aliphatic rings. The summed E-state index contributed by atoms with van der Waals surface area (Å²) in [5, 5.41) is 11.6. The molecule has 26 heavy (non-hydrogen) atoms. The number of thiophene rings is 1. The van der Waals surface area contributed by atoms with Crippen LogP contribution in [0.15, 0.2) is 65.0 Å². The zero-order chi connectivity index (χ0) is 18.1. The van der Waals surface area contributed by atoms with Gasteiger partial charge in [-0.15, -0.1) is 11.3 Å². The van der Waals surface area contributed by atoms with E-state index in [0.29, 0.717) is 21.6 Å². The van der Waals surface area contributed by atoms with Crippen molar-refractivity contribution in [3.8, 4) is 22.5 Å². The minimum absolute atomic E-state index is 0.328. The minimum Gasteiger partial charge on any atom is -0.480 e.